The van der Waals surface area contributed by atoms with Gasteiger partial charge in [0.25, 0.3) is 0 Å². The van der Waals surface area contributed by atoms with Gasteiger partial charge in [0.2, 0.25) is 0 Å². The molecule has 27 heavy (non-hydrogen) atoms. The monoisotopic (exact) mass is 352 g/mol. The van der Waals surface area contributed by atoms with Crippen LogP contribution >= 0.6 is 0 Å². The van der Waals surface area contributed by atoms with Gasteiger partial charge in [0, 0.05) is 22.2 Å². The molecular weight excluding hydrogens is 332 g/mol. The van der Waals surface area contributed by atoms with Crippen LogP contribution in [0.3, 0.4) is 0 Å². The molecule has 6 rings (SSSR count). The van der Waals surface area contributed by atoms with Crippen molar-refractivity contribution in [3.63, 3.8) is 0 Å². The molecule has 4 heteroatoms. The van der Waals surface area contributed by atoms with Crippen LogP contribution in [0.15, 0.2) is 79.3 Å². The van der Waals surface area contributed by atoms with Gasteiger partial charge in [0.1, 0.15) is 18.2 Å². The standard InChI is InChI=1S/C23H20N4/c1-15-22(2)17-11-7-8-12-18(17)27-19-13-24-14-25-20(19)26(21(27)23(15,22)3)16-9-5-4-6-10-16/h4-14,21H,1H2,2-3H3. The van der Waals surface area contributed by atoms with Crippen molar-refractivity contribution in [2.45, 2.75) is 25.4 Å². The van der Waals surface area contributed by atoms with E-state index in [1.165, 1.54) is 16.8 Å². The summed E-state index contributed by atoms with van der Waals surface area (Å²) in [5, 5.41) is 0. The normalized spacial score (nSPS) is 29.7. The van der Waals surface area contributed by atoms with Gasteiger partial charge in [-0.05, 0) is 23.8 Å². The van der Waals surface area contributed by atoms with Gasteiger partial charge in [0.15, 0.2) is 5.82 Å². The Morgan fingerprint density at radius 3 is 2.48 bits per heavy atom. The first-order chi connectivity index (χ1) is 13.1. The van der Waals surface area contributed by atoms with E-state index in [4.69, 9.17) is 0 Å². The van der Waals surface area contributed by atoms with Crippen molar-refractivity contribution < 1.29 is 0 Å². The number of hydrogen-bond acceptors (Lipinski definition) is 4. The average molecular weight is 352 g/mol. The molecule has 1 aromatic heterocycles. The predicted molar refractivity (Wildman–Crippen MR) is 108 cm³/mol. The highest BCUT2D eigenvalue weighted by atomic mass is 15.5. The summed E-state index contributed by atoms with van der Waals surface area (Å²) in [6.45, 7) is 9.20. The summed E-state index contributed by atoms with van der Waals surface area (Å²) in [6.07, 6.45) is 3.67. The lowest BCUT2D eigenvalue weighted by molar-refractivity contribution is 0.377. The number of benzene rings is 2. The van der Waals surface area contributed by atoms with Gasteiger partial charge in [-0.2, -0.15) is 0 Å². The van der Waals surface area contributed by atoms with Crippen molar-refractivity contribution in [1.29, 1.82) is 0 Å². The topological polar surface area (TPSA) is 32.3 Å². The van der Waals surface area contributed by atoms with E-state index in [1.807, 2.05) is 6.20 Å². The predicted octanol–water partition coefficient (Wildman–Crippen LogP) is 4.94. The second-order valence-electron chi connectivity index (χ2n) is 8.00. The van der Waals surface area contributed by atoms with Crippen molar-refractivity contribution in [3.05, 3.63) is 84.8 Å². The number of aromatic nitrogens is 2. The summed E-state index contributed by atoms with van der Waals surface area (Å²) in [5.41, 5.74) is 5.96. The van der Waals surface area contributed by atoms with E-state index in [0.29, 0.717) is 0 Å². The molecule has 4 nitrogen and oxygen atoms in total. The van der Waals surface area contributed by atoms with E-state index in [2.05, 4.69) is 94.8 Å². The Hall–Kier alpha value is -3.14. The summed E-state index contributed by atoms with van der Waals surface area (Å²) in [6, 6.07) is 19.2. The lowest BCUT2D eigenvalue weighted by atomic mass is 9.81. The van der Waals surface area contributed by atoms with E-state index in [-0.39, 0.29) is 17.0 Å². The van der Waals surface area contributed by atoms with E-state index in [1.54, 1.807) is 6.33 Å². The summed E-state index contributed by atoms with van der Waals surface area (Å²) < 4.78 is 0. The second kappa shape index (κ2) is 4.58. The van der Waals surface area contributed by atoms with Gasteiger partial charge in [-0.1, -0.05) is 62.4 Å². The fourth-order valence-electron chi connectivity index (χ4n) is 5.43. The van der Waals surface area contributed by atoms with E-state index < -0.39 is 0 Å². The van der Waals surface area contributed by atoms with Gasteiger partial charge >= 0.3 is 0 Å². The average Bonchev–Trinajstić information content (AvgIpc) is 3.02. The number of nitrogens with zero attached hydrogens (tertiary/aromatic N) is 4. The third-order valence-electron chi connectivity index (χ3n) is 7.11. The summed E-state index contributed by atoms with van der Waals surface area (Å²) in [5.74, 6) is 0.959. The Kier molecular flexibility index (Phi) is 2.54. The molecule has 3 atom stereocenters. The zero-order chi connectivity index (χ0) is 18.4. The Labute approximate surface area is 158 Å². The first-order valence-corrected chi connectivity index (χ1v) is 9.33. The van der Waals surface area contributed by atoms with Crippen LogP contribution in [0.2, 0.25) is 0 Å². The molecule has 1 saturated carbocycles. The lowest BCUT2D eigenvalue weighted by Gasteiger charge is -2.43. The number of fused-ring (bicyclic) bond motifs is 8. The fraction of sp³-hybridized carbons (Fsp3) is 0.217. The molecule has 0 radical (unpaired) electrons. The molecule has 2 aliphatic heterocycles. The zero-order valence-corrected chi connectivity index (χ0v) is 15.4. The van der Waals surface area contributed by atoms with Crippen molar-refractivity contribution in [3.8, 4) is 0 Å². The molecule has 132 valence electrons. The first-order valence-electron chi connectivity index (χ1n) is 9.33. The molecule has 3 unspecified atom stereocenters. The Morgan fingerprint density at radius 2 is 1.67 bits per heavy atom. The molecule has 3 aromatic rings. The van der Waals surface area contributed by atoms with Gasteiger partial charge in [-0.25, -0.2) is 9.97 Å². The minimum atomic E-state index is -0.0715. The SMILES string of the molecule is C=C1C2(C)c3ccccc3N3c4cncnc4N(c4ccccc4)C3C12C. The van der Waals surface area contributed by atoms with Crippen LogP contribution in [-0.2, 0) is 5.41 Å². The molecule has 3 aliphatic rings. The molecule has 0 N–H and O–H groups in total. The third kappa shape index (κ3) is 1.48. The Bertz CT molecular complexity index is 1110. The highest BCUT2D eigenvalue weighted by Gasteiger charge is 2.76. The molecular formula is C23H20N4. The maximum absolute atomic E-state index is 4.69. The van der Waals surface area contributed by atoms with Gasteiger partial charge in [-0.15, -0.1) is 0 Å². The Balaban J connectivity index is 1.69. The van der Waals surface area contributed by atoms with Crippen LogP contribution in [0.1, 0.15) is 19.4 Å². The molecule has 0 spiro atoms. The zero-order valence-electron chi connectivity index (χ0n) is 15.4. The van der Waals surface area contributed by atoms with Gasteiger partial charge in [-0.3, -0.25) is 0 Å². The summed E-state index contributed by atoms with van der Waals surface area (Å²) in [4.78, 5) is 13.8. The number of anilines is 4. The summed E-state index contributed by atoms with van der Waals surface area (Å²) >= 11 is 0. The van der Waals surface area contributed by atoms with Crippen LogP contribution in [-0.4, -0.2) is 16.1 Å². The van der Waals surface area contributed by atoms with E-state index in [9.17, 15) is 0 Å². The molecule has 3 heterocycles. The molecule has 0 bridgehead atoms. The minimum Gasteiger partial charge on any atom is -0.314 e. The van der Waals surface area contributed by atoms with Crippen molar-refractivity contribution in [1.82, 2.24) is 9.97 Å². The largest absolute Gasteiger partial charge is 0.314 e. The number of para-hydroxylation sites is 2. The molecule has 0 amide bonds. The maximum Gasteiger partial charge on any atom is 0.162 e. The first kappa shape index (κ1) is 15.0. The van der Waals surface area contributed by atoms with Crippen LogP contribution in [0.25, 0.3) is 0 Å². The number of hydrogen-bond donors (Lipinski definition) is 0. The lowest BCUT2D eigenvalue weighted by Crippen LogP contribution is -2.50. The van der Waals surface area contributed by atoms with Crippen LogP contribution in [0.4, 0.5) is 22.9 Å². The minimum absolute atomic E-state index is 0.0345. The molecule has 0 saturated heterocycles. The quantitative estimate of drug-likeness (QED) is 0.581. The molecule has 2 aromatic carbocycles. The van der Waals surface area contributed by atoms with Crippen molar-refractivity contribution >= 4 is 22.9 Å². The highest BCUT2D eigenvalue weighted by molar-refractivity contribution is 5.91. The van der Waals surface area contributed by atoms with E-state index in [0.717, 1.165) is 17.2 Å². The van der Waals surface area contributed by atoms with Crippen LogP contribution in [0.5, 0.6) is 0 Å². The Morgan fingerprint density at radius 1 is 0.926 bits per heavy atom. The fourth-order valence-corrected chi connectivity index (χ4v) is 5.43. The molecule has 1 fully saturated rings. The maximum atomic E-state index is 4.69. The molecule has 1 aliphatic carbocycles. The second-order valence-corrected chi connectivity index (χ2v) is 8.00. The highest BCUT2D eigenvalue weighted by Crippen LogP contribution is 2.77. The third-order valence-corrected chi connectivity index (χ3v) is 7.11. The van der Waals surface area contributed by atoms with Crippen LogP contribution < -0.4 is 9.80 Å². The van der Waals surface area contributed by atoms with Crippen LogP contribution in [0, 0.1) is 5.41 Å². The van der Waals surface area contributed by atoms with E-state index >= 15 is 0 Å². The van der Waals surface area contributed by atoms with Gasteiger partial charge in [0.05, 0.1) is 6.20 Å². The summed E-state index contributed by atoms with van der Waals surface area (Å²) in [7, 11) is 0. The van der Waals surface area contributed by atoms with Crippen molar-refractivity contribution in [2.24, 2.45) is 5.41 Å². The van der Waals surface area contributed by atoms with Gasteiger partial charge < -0.3 is 9.80 Å². The van der Waals surface area contributed by atoms with Crippen molar-refractivity contribution in [2.75, 3.05) is 9.80 Å². The number of rotatable bonds is 1. The smallest absolute Gasteiger partial charge is 0.162 e.